The first-order valence-electron chi connectivity index (χ1n) is 5.49. The van der Waals surface area contributed by atoms with E-state index in [4.69, 9.17) is 17.3 Å². The Labute approximate surface area is 115 Å². The number of benzene rings is 1. The summed E-state index contributed by atoms with van der Waals surface area (Å²) in [4.78, 5) is 21.9. The highest BCUT2D eigenvalue weighted by molar-refractivity contribution is 6.31. The van der Waals surface area contributed by atoms with E-state index in [0.29, 0.717) is 5.56 Å². The van der Waals surface area contributed by atoms with E-state index in [0.717, 1.165) is 0 Å². The lowest BCUT2D eigenvalue weighted by atomic mass is 9.81. The highest BCUT2D eigenvalue weighted by Gasteiger charge is 2.38. The number of nitrogens with two attached hydrogens (primary N) is 1. The average Bonchev–Trinajstić information content (AvgIpc) is 2.36. The van der Waals surface area contributed by atoms with Crippen LogP contribution in [0.3, 0.4) is 0 Å². The Balaban J connectivity index is 3.25. The Morgan fingerprint density at radius 2 is 2.11 bits per heavy atom. The van der Waals surface area contributed by atoms with E-state index in [-0.39, 0.29) is 10.7 Å². The second-order valence-electron chi connectivity index (χ2n) is 4.65. The fraction of sp³-hybridized carbons (Fsp3) is 0.417. The number of carbonyl (C=O) groups is 1. The second kappa shape index (κ2) is 5.54. The molecule has 0 spiro atoms. The van der Waals surface area contributed by atoms with Crippen LogP contribution >= 0.6 is 11.6 Å². The molecule has 7 heteroatoms. The largest absolute Gasteiger partial charge is 0.469 e. The predicted octanol–water partition coefficient (Wildman–Crippen LogP) is 2.45. The SMILES string of the molecule is COC(=O)C(C)(C)[C@H](N)c1cc([N+](=O)[O-])ccc1Cl. The monoisotopic (exact) mass is 286 g/mol. The molecule has 1 aromatic carbocycles. The number of ether oxygens (including phenoxy) is 1. The second-order valence-corrected chi connectivity index (χ2v) is 5.06. The van der Waals surface area contributed by atoms with Crippen molar-refractivity contribution < 1.29 is 14.5 Å². The van der Waals surface area contributed by atoms with Crippen molar-refractivity contribution >= 4 is 23.3 Å². The first kappa shape index (κ1) is 15.4. The fourth-order valence-electron chi connectivity index (χ4n) is 1.66. The minimum absolute atomic E-state index is 0.129. The van der Waals surface area contributed by atoms with E-state index >= 15 is 0 Å². The number of halogens is 1. The van der Waals surface area contributed by atoms with Crippen LogP contribution in [0, 0.1) is 15.5 Å². The van der Waals surface area contributed by atoms with Gasteiger partial charge in [0.15, 0.2) is 0 Å². The van der Waals surface area contributed by atoms with Crippen molar-refractivity contribution in [3.8, 4) is 0 Å². The lowest BCUT2D eigenvalue weighted by Gasteiger charge is -2.29. The summed E-state index contributed by atoms with van der Waals surface area (Å²) in [6, 6.07) is 3.14. The van der Waals surface area contributed by atoms with Crippen LogP contribution in [-0.2, 0) is 9.53 Å². The lowest BCUT2D eigenvalue weighted by molar-refractivity contribution is -0.384. The van der Waals surface area contributed by atoms with Gasteiger partial charge in [-0.25, -0.2) is 0 Å². The van der Waals surface area contributed by atoms with Crippen LogP contribution in [0.5, 0.6) is 0 Å². The van der Waals surface area contributed by atoms with E-state index in [1.165, 1.54) is 25.3 Å². The molecular weight excluding hydrogens is 272 g/mol. The summed E-state index contributed by atoms with van der Waals surface area (Å²) >= 11 is 5.99. The number of hydrogen-bond acceptors (Lipinski definition) is 5. The molecule has 0 heterocycles. The van der Waals surface area contributed by atoms with Crippen LogP contribution < -0.4 is 5.73 Å². The maximum atomic E-state index is 11.7. The molecular formula is C12H15ClN2O4. The van der Waals surface area contributed by atoms with Crippen molar-refractivity contribution in [2.75, 3.05) is 7.11 Å². The summed E-state index contributed by atoms with van der Waals surface area (Å²) in [7, 11) is 1.26. The molecule has 0 aliphatic heterocycles. The molecule has 1 rings (SSSR count). The van der Waals surface area contributed by atoms with Gasteiger partial charge in [0.2, 0.25) is 0 Å². The minimum Gasteiger partial charge on any atom is -0.469 e. The Morgan fingerprint density at radius 1 is 1.53 bits per heavy atom. The zero-order valence-electron chi connectivity index (χ0n) is 10.8. The van der Waals surface area contributed by atoms with Gasteiger partial charge in [-0.15, -0.1) is 0 Å². The first-order valence-corrected chi connectivity index (χ1v) is 5.87. The molecule has 0 aliphatic rings. The van der Waals surface area contributed by atoms with E-state index < -0.39 is 22.3 Å². The number of methoxy groups -OCH3 is 1. The van der Waals surface area contributed by atoms with Crippen LogP contribution in [0.1, 0.15) is 25.5 Å². The molecule has 6 nitrogen and oxygen atoms in total. The number of non-ortho nitro benzene ring substituents is 1. The Morgan fingerprint density at radius 3 is 2.58 bits per heavy atom. The molecule has 0 fully saturated rings. The van der Waals surface area contributed by atoms with Crippen molar-refractivity contribution in [3.05, 3.63) is 38.9 Å². The van der Waals surface area contributed by atoms with Gasteiger partial charge in [0.1, 0.15) is 0 Å². The highest BCUT2D eigenvalue weighted by atomic mass is 35.5. The van der Waals surface area contributed by atoms with Gasteiger partial charge in [-0.2, -0.15) is 0 Å². The summed E-state index contributed by atoms with van der Waals surface area (Å²) in [5, 5.41) is 11.0. The van der Waals surface area contributed by atoms with Gasteiger partial charge in [-0.1, -0.05) is 11.6 Å². The molecule has 0 amide bonds. The van der Waals surface area contributed by atoms with Crippen LogP contribution in [0.4, 0.5) is 5.69 Å². The third-order valence-corrected chi connectivity index (χ3v) is 3.36. The summed E-state index contributed by atoms with van der Waals surface area (Å²) in [5.41, 5.74) is 5.17. The van der Waals surface area contributed by atoms with Crippen molar-refractivity contribution in [2.45, 2.75) is 19.9 Å². The number of esters is 1. The molecule has 0 aromatic heterocycles. The van der Waals surface area contributed by atoms with Crippen LogP contribution in [0.25, 0.3) is 0 Å². The smallest absolute Gasteiger partial charge is 0.313 e. The highest BCUT2D eigenvalue weighted by Crippen LogP contribution is 2.37. The fourth-order valence-corrected chi connectivity index (χ4v) is 1.90. The maximum absolute atomic E-state index is 11.7. The van der Waals surface area contributed by atoms with Crippen molar-refractivity contribution in [1.29, 1.82) is 0 Å². The quantitative estimate of drug-likeness (QED) is 0.521. The van der Waals surface area contributed by atoms with E-state index in [9.17, 15) is 14.9 Å². The van der Waals surface area contributed by atoms with Gasteiger partial charge < -0.3 is 10.5 Å². The predicted molar refractivity (Wildman–Crippen MR) is 70.8 cm³/mol. The molecule has 1 aromatic rings. The molecule has 19 heavy (non-hydrogen) atoms. The minimum atomic E-state index is -1.05. The molecule has 0 saturated carbocycles. The number of nitro benzene ring substituents is 1. The van der Waals surface area contributed by atoms with E-state index in [1.54, 1.807) is 13.8 Å². The zero-order valence-corrected chi connectivity index (χ0v) is 11.6. The number of hydrogen-bond donors (Lipinski definition) is 1. The first-order chi connectivity index (χ1) is 8.71. The van der Waals surface area contributed by atoms with Crippen LogP contribution in [-0.4, -0.2) is 18.0 Å². The Hall–Kier alpha value is -1.66. The van der Waals surface area contributed by atoms with Gasteiger partial charge in [0, 0.05) is 23.2 Å². The van der Waals surface area contributed by atoms with Gasteiger partial charge in [0.05, 0.1) is 17.4 Å². The molecule has 1 atom stereocenters. The topological polar surface area (TPSA) is 95.5 Å². The van der Waals surface area contributed by atoms with Gasteiger partial charge >= 0.3 is 5.97 Å². The normalized spacial score (nSPS) is 12.9. The van der Waals surface area contributed by atoms with Crippen molar-refractivity contribution in [2.24, 2.45) is 11.1 Å². The van der Waals surface area contributed by atoms with Gasteiger partial charge in [0.25, 0.3) is 5.69 Å². The molecule has 0 aliphatic carbocycles. The van der Waals surface area contributed by atoms with Crippen molar-refractivity contribution in [1.82, 2.24) is 0 Å². The molecule has 104 valence electrons. The third kappa shape index (κ3) is 3.02. The summed E-state index contributed by atoms with van der Waals surface area (Å²) in [5.74, 6) is -0.512. The van der Waals surface area contributed by atoms with Gasteiger partial charge in [-0.05, 0) is 25.5 Å². The molecule has 0 bridgehead atoms. The van der Waals surface area contributed by atoms with E-state index in [1.807, 2.05) is 0 Å². The standard InChI is InChI=1S/C12H15ClN2O4/c1-12(2,11(16)19-3)10(14)8-6-7(15(17)18)4-5-9(8)13/h4-6,10H,14H2,1-3H3/t10-/m1/s1. The molecule has 0 unspecified atom stereocenters. The van der Waals surface area contributed by atoms with Gasteiger partial charge in [-0.3, -0.25) is 14.9 Å². The van der Waals surface area contributed by atoms with Crippen LogP contribution in [0.15, 0.2) is 18.2 Å². The Kier molecular flexibility index (Phi) is 4.49. The maximum Gasteiger partial charge on any atom is 0.313 e. The lowest BCUT2D eigenvalue weighted by Crippen LogP contribution is -2.37. The Bertz CT molecular complexity index is 516. The summed E-state index contributed by atoms with van der Waals surface area (Å²) in [6.45, 7) is 3.19. The summed E-state index contributed by atoms with van der Waals surface area (Å²) in [6.07, 6.45) is 0. The zero-order chi connectivity index (χ0) is 14.8. The van der Waals surface area contributed by atoms with E-state index in [2.05, 4.69) is 4.74 Å². The van der Waals surface area contributed by atoms with Crippen molar-refractivity contribution in [3.63, 3.8) is 0 Å². The average molecular weight is 287 g/mol. The third-order valence-electron chi connectivity index (χ3n) is 3.01. The number of nitrogens with zero attached hydrogens (tertiary/aromatic N) is 1. The summed E-state index contributed by atoms with van der Waals surface area (Å²) < 4.78 is 4.68. The molecule has 0 radical (unpaired) electrons. The molecule has 0 saturated heterocycles. The number of nitro groups is 1. The number of rotatable bonds is 4. The van der Waals surface area contributed by atoms with Crippen LogP contribution in [0.2, 0.25) is 5.02 Å². The molecule has 2 N–H and O–H groups in total. The number of carbonyl (C=O) groups excluding carboxylic acids is 1.